The van der Waals surface area contributed by atoms with Gasteiger partial charge in [0, 0.05) is 0 Å². The number of carbonyl (C=O) groups is 2. The maximum atomic E-state index is 13.9. The summed E-state index contributed by atoms with van der Waals surface area (Å²) in [4.78, 5) is 25.0. The summed E-state index contributed by atoms with van der Waals surface area (Å²) in [7, 11) is 1.51. The van der Waals surface area contributed by atoms with E-state index in [-0.39, 0.29) is 11.5 Å². The highest BCUT2D eigenvalue weighted by molar-refractivity contribution is 9.10. The summed E-state index contributed by atoms with van der Waals surface area (Å²) in [6.07, 6.45) is 3.05. The van der Waals surface area contributed by atoms with Crippen LogP contribution in [0.4, 0.5) is 4.39 Å². The molecule has 0 aliphatic heterocycles. The van der Waals surface area contributed by atoms with Crippen molar-refractivity contribution >= 4 is 34.0 Å². The van der Waals surface area contributed by atoms with Crippen LogP contribution in [0.1, 0.15) is 29.8 Å². The average molecular weight is 506 g/mol. The molecule has 0 aromatic heterocycles. The molecule has 0 fully saturated rings. The van der Waals surface area contributed by atoms with Crippen LogP contribution in [0.25, 0.3) is 0 Å². The molecule has 0 radical (unpaired) electrons. The summed E-state index contributed by atoms with van der Waals surface area (Å²) < 4.78 is 25.4. The van der Waals surface area contributed by atoms with Gasteiger partial charge in [0.2, 0.25) is 0 Å². The number of benzene rings is 2. The Morgan fingerprint density at radius 2 is 2.00 bits per heavy atom. The highest BCUT2D eigenvalue weighted by atomic mass is 79.9. The lowest BCUT2D eigenvalue weighted by Gasteiger charge is -2.20. The molecule has 7 nitrogen and oxygen atoms in total. The van der Waals surface area contributed by atoms with Crippen molar-refractivity contribution in [2.24, 2.45) is 11.0 Å². The number of nitrogens with one attached hydrogen (secondary N) is 2. The van der Waals surface area contributed by atoms with Gasteiger partial charge in [-0.3, -0.25) is 9.59 Å². The summed E-state index contributed by atoms with van der Waals surface area (Å²) >= 11 is 3.42. The molecule has 2 amide bonds. The number of methoxy groups -OCH3 is 1. The summed E-state index contributed by atoms with van der Waals surface area (Å²) in [5, 5.41) is 6.53. The van der Waals surface area contributed by atoms with Gasteiger partial charge in [-0.1, -0.05) is 38.6 Å². The molecule has 0 heterocycles. The number of ether oxygens (including phenoxy) is 2. The Bertz CT molecular complexity index is 1010. The number of amides is 2. The first kappa shape index (κ1) is 25.1. The maximum absolute atomic E-state index is 13.9. The first-order valence-electron chi connectivity index (χ1n) is 9.78. The molecule has 170 valence electrons. The summed E-state index contributed by atoms with van der Waals surface area (Å²) in [5.74, 6) is -1.12. The van der Waals surface area contributed by atoms with Crippen LogP contribution < -0.4 is 20.2 Å². The molecule has 32 heavy (non-hydrogen) atoms. The number of halogens is 2. The van der Waals surface area contributed by atoms with E-state index in [1.54, 1.807) is 38.1 Å². The van der Waals surface area contributed by atoms with Crippen LogP contribution in [0.2, 0.25) is 0 Å². The Morgan fingerprint density at radius 3 is 2.62 bits per heavy atom. The number of carbonyl (C=O) groups excluding carboxylic acids is 2. The lowest BCUT2D eigenvalue weighted by Crippen LogP contribution is -2.48. The Labute approximate surface area is 194 Å². The minimum atomic E-state index is -0.907. The van der Waals surface area contributed by atoms with E-state index in [0.29, 0.717) is 28.1 Å². The van der Waals surface area contributed by atoms with Crippen molar-refractivity contribution < 1.29 is 23.5 Å². The number of hydrogen-bond acceptors (Lipinski definition) is 5. The van der Waals surface area contributed by atoms with Gasteiger partial charge in [-0.2, -0.15) is 5.10 Å². The highest BCUT2D eigenvalue weighted by Crippen LogP contribution is 2.36. The zero-order chi connectivity index (χ0) is 23.7. The van der Waals surface area contributed by atoms with Gasteiger partial charge in [0.1, 0.15) is 18.5 Å². The highest BCUT2D eigenvalue weighted by Gasteiger charge is 2.25. The fourth-order valence-electron chi connectivity index (χ4n) is 2.74. The zero-order valence-electron chi connectivity index (χ0n) is 18.0. The Balaban J connectivity index is 2.10. The molecule has 0 bridgehead atoms. The second kappa shape index (κ2) is 12.0. The average Bonchev–Trinajstić information content (AvgIpc) is 2.76. The van der Waals surface area contributed by atoms with Crippen molar-refractivity contribution in [2.45, 2.75) is 19.9 Å². The number of rotatable bonds is 10. The van der Waals surface area contributed by atoms with E-state index in [0.717, 1.165) is 0 Å². The van der Waals surface area contributed by atoms with Gasteiger partial charge in [-0.05, 0) is 51.7 Å². The van der Waals surface area contributed by atoms with Crippen molar-refractivity contribution in [2.75, 3.05) is 13.7 Å². The van der Waals surface area contributed by atoms with Crippen molar-refractivity contribution in [3.63, 3.8) is 0 Å². The molecule has 0 aliphatic rings. The van der Waals surface area contributed by atoms with Gasteiger partial charge in [-0.25, -0.2) is 9.82 Å². The van der Waals surface area contributed by atoms with E-state index >= 15 is 0 Å². The van der Waals surface area contributed by atoms with Crippen LogP contribution in [-0.4, -0.2) is 37.8 Å². The van der Waals surface area contributed by atoms with E-state index in [1.165, 1.54) is 31.5 Å². The molecular formula is C23H25BrFN3O4. The van der Waals surface area contributed by atoms with Gasteiger partial charge in [0.15, 0.2) is 11.5 Å². The zero-order valence-corrected chi connectivity index (χ0v) is 19.6. The fourth-order valence-corrected chi connectivity index (χ4v) is 3.31. The van der Waals surface area contributed by atoms with E-state index in [2.05, 4.69) is 38.4 Å². The minimum Gasteiger partial charge on any atom is -0.493 e. The molecule has 9 heteroatoms. The predicted octanol–water partition coefficient (Wildman–Crippen LogP) is 4.07. The smallest absolute Gasteiger partial charge is 0.262 e. The van der Waals surface area contributed by atoms with E-state index in [4.69, 9.17) is 9.47 Å². The van der Waals surface area contributed by atoms with Gasteiger partial charge >= 0.3 is 0 Å². The van der Waals surface area contributed by atoms with E-state index < -0.39 is 23.7 Å². The molecule has 0 spiro atoms. The largest absolute Gasteiger partial charge is 0.493 e. The number of nitrogens with zero attached hydrogens (tertiary/aromatic N) is 1. The van der Waals surface area contributed by atoms with E-state index in [1.807, 2.05) is 0 Å². The number of hydrazone groups is 1. The molecule has 2 aromatic rings. The lowest BCUT2D eigenvalue weighted by molar-refractivity contribution is -0.123. The van der Waals surface area contributed by atoms with Crippen LogP contribution in [-0.2, 0) is 4.79 Å². The minimum absolute atomic E-state index is 0.134. The fraction of sp³-hybridized carbons (Fsp3) is 0.261. The number of hydrogen-bond donors (Lipinski definition) is 2. The second-order valence-electron chi connectivity index (χ2n) is 7.04. The first-order chi connectivity index (χ1) is 15.3. The van der Waals surface area contributed by atoms with Gasteiger partial charge in [0.25, 0.3) is 11.8 Å². The topological polar surface area (TPSA) is 89.0 Å². The molecule has 0 saturated carbocycles. The van der Waals surface area contributed by atoms with Crippen LogP contribution >= 0.6 is 15.9 Å². The van der Waals surface area contributed by atoms with Gasteiger partial charge in [-0.15, -0.1) is 0 Å². The molecular weight excluding hydrogens is 481 g/mol. The Hall–Kier alpha value is -3.20. The molecule has 2 N–H and O–H groups in total. The second-order valence-corrected chi connectivity index (χ2v) is 7.90. The molecule has 0 aliphatic carbocycles. The third kappa shape index (κ3) is 6.65. The standard InChI is InChI=1S/C23H25BrFN3O4/c1-5-10-32-21-17(24)11-15(12-19(21)31-4)13-26-28-23(30)20(14(2)3)27-22(29)16-8-6-7-9-18(16)25/h5-9,11-14,20H,1,10H2,2-4H3,(H,27,29)(H,28,30)/b26-13+. The van der Waals surface area contributed by atoms with E-state index in [9.17, 15) is 14.0 Å². The van der Waals surface area contributed by atoms with Crippen LogP contribution in [0.3, 0.4) is 0 Å². The molecule has 1 unspecified atom stereocenters. The third-order valence-corrected chi connectivity index (χ3v) is 4.93. The van der Waals surface area contributed by atoms with Crippen molar-refractivity contribution in [1.82, 2.24) is 10.7 Å². The van der Waals surface area contributed by atoms with Crippen molar-refractivity contribution in [3.8, 4) is 11.5 Å². The maximum Gasteiger partial charge on any atom is 0.262 e. The van der Waals surface area contributed by atoms with Gasteiger partial charge < -0.3 is 14.8 Å². The summed E-state index contributed by atoms with van der Waals surface area (Å²) in [6, 6.07) is 8.10. The van der Waals surface area contributed by atoms with Crippen LogP contribution in [0.15, 0.2) is 58.6 Å². The molecule has 1 atom stereocenters. The quantitative estimate of drug-likeness (QED) is 0.289. The summed E-state index contributed by atoms with van der Waals surface area (Å²) in [5.41, 5.74) is 2.91. The normalized spacial score (nSPS) is 11.8. The summed E-state index contributed by atoms with van der Waals surface area (Å²) in [6.45, 7) is 7.45. The van der Waals surface area contributed by atoms with Crippen LogP contribution in [0, 0.1) is 11.7 Å². The van der Waals surface area contributed by atoms with Gasteiger partial charge in [0.05, 0.1) is 23.4 Å². The predicted molar refractivity (Wildman–Crippen MR) is 125 cm³/mol. The lowest BCUT2D eigenvalue weighted by atomic mass is 10.0. The Morgan fingerprint density at radius 1 is 1.28 bits per heavy atom. The monoisotopic (exact) mass is 505 g/mol. The molecule has 2 rings (SSSR count). The Kier molecular flexibility index (Phi) is 9.39. The van der Waals surface area contributed by atoms with Crippen molar-refractivity contribution in [1.29, 1.82) is 0 Å². The van der Waals surface area contributed by atoms with Crippen molar-refractivity contribution in [3.05, 3.63) is 70.5 Å². The molecule has 2 aromatic carbocycles. The SMILES string of the molecule is C=CCOc1c(Br)cc(/C=N/NC(=O)C(NC(=O)c2ccccc2F)C(C)C)cc1OC. The molecule has 0 saturated heterocycles. The van der Waals surface area contributed by atoms with Crippen LogP contribution in [0.5, 0.6) is 11.5 Å². The first-order valence-corrected chi connectivity index (χ1v) is 10.6. The third-order valence-electron chi connectivity index (χ3n) is 4.34.